The van der Waals surface area contributed by atoms with Crippen molar-refractivity contribution in [3.8, 4) is 11.3 Å². The number of anilines is 3. The molecule has 0 bridgehead atoms. The Morgan fingerprint density at radius 2 is 1.83 bits per heavy atom. The van der Waals surface area contributed by atoms with E-state index in [4.69, 9.17) is 5.73 Å². The molecule has 7 nitrogen and oxygen atoms in total. The summed E-state index contributed by atoms with van der Waals surface area (Å²) in [6.07, 6.45) is 0.908. The van der Waals surface area contributed by atoms with E-state index in [2.05, 4.69) is 15.6 Å². The molecule has 0 radical (unpaired) electrons. The molecule has 5 rings (SSSR count). The molecule has 0 saturated heterocycles. The number of nitrogens with one attached hydrogen (secondary N) is 2. The van der Waals surface area contributed by atoms with Crippen LogP contribution in [-0.2, 0) is 17.8 Å². The highest BCUT2D eigenvalue weighted by molar-refractivity contribution is 7.13. The fourth-order valence-electron chi connectivity index (χ4n) is 4.15. The van der Waals surface area contributed by atoms with Crippen LogP contribution in [0.2, 0.25) is 0 Å². The average Bonchev–Trinajstić information content (AvgIpc) is 3.33. The summed E-state index contributed by atoms with van der Waals surface area (Å²) in [6.45, 7) is 1.40. The number of carbonyl (C=O) groups is 2. The molecule has 1 aliphatic heterocycles. The summed E-state index contributed by atoms with van der Waals surface area (Å²) in [4.78, 5) is 32.1. The second-order valence-electron chi connectivity index (χ2n) is 8.47. The molecule has 4 aromatic rings. The topological polar surface area (TPSA) is 100 Å². The Kier molecular flexibility index (Phi) is 6.75. The van der Waals surface area contributed by atoms with Crippen LogP contribution in [-0.4, -0.2) is 29.9 Å². The van der Waals surface area contributed by atoms with Gasteiger partial charge in [0, 0.05) is 34.4 Å². The van der Waals surface area contributed by atoms with Gasteiger partial charge in [0.2, 0.25) is 5.91 Å². The van der Waals surface area contributed by atoms with Crippen LogP contribution in [0.3, 0.4) is 0 Å². The fraction of sp³-hybridized carbons (Fsp3) is 0.148. The summed E-state index contributed by atoms with van der Waals surface area (Å²) in [7, 11) is 0. The number of halogens is 1. The molecule has 1 aromatic heterocycles. The SMILES string of the molecule is Nc1nc(-c2ccc(NC(=O)CN(C(=O)c3ccc(F)cc3)c3ccc4c(c3)CNCC4)cc2)cs1. The number of carbonyl (C=O) groups excluding carboxylic acids is 2. The summed E-state index contributed by atoms with van der Waals surface area (Å²) in [5.41, 5.74) is 11.2. The molecule has 1 aliphatic rings. The molecular formula is C27H24FN5O2S. The van der Waals surface area contributed by atoms with Crippen LogP contribution in [0.25, 0.3) is 11.3 Å². The van der Waals surface area contributed by atoms with Crippen molar-refractivity contribution in [2.75, 3.05) is 29.0 Å². The first kappa shape index (κ1) is 23.7. The smallest absolute Gasteiger partial charge is 0.258 e. The van der Waals surface area contributed by atoms with Crippen molar-refractivity contribution in [2.24, 2.45) is 0 Å². The van der Waals surface area contributed by atoms with Gasteiger partial charge < -0.3 is 16.4 Å². The number of amides is 2. The van der Waals surface area contributed by atoms with Gasteiger partial charge >= 0.3 is 0 Å². The van der Waals surface area contributed by atoms with Crippen LogP contribution in [0.1, 0.15) is 21.5 Å². The van der Waals surface area contributed by atoms with Gasteiger partial charge in [-0.1, -0.05) is 18.2 Å². The molecule has 3 aromatic carbocycles. The van der Waals surface area contributed by atoms with Gasteiger partial charge in [0.25, 0.3) is 5.91 Å². The number of aromatic nitrogens is 1. The maximum Gasteiger partial charge on any atom is 0.258 e. The first-order chi connectivity index (χ1) is 17.5. The van der Waals surface area contributed by atoms with Crippen molar-refractivity contribution >= 4 is 39.7 Å². The van der Waals surface area contributed by atoms with Crippen LogP contribution in [0.15, 0.2) is 72.1 Å². The van der Waals surface area contributed by atoms with Crippen LogP contribution in [0.4, 0.5) is 20.9 Å². The Labute approximate surface area is 211 Å². The summed E-state index contributed by atoms with van der Waals surface area (Å²) >= 11 is 1.36. The Morgan fingerprint density at radius 3 is 2.56 bits per heavy atom. The lowest BCUT2D eigenvalue weighted by molar-refractivity contribution is -0.114. The van der Waals surface area contributed by atoms with E-state index >= 15 is 0 Å². The molecule has 2 amide bonds. The van der Waals surface area contributed by atoms with Crippen LogP contribution in [0, 0.1) is 5.82 Å². The molecule has 0 atom stereocenters. The van der Waals surface area contributed by atoms with Gasteiger partial charge in [-0.3, -0.25) is 14.5 Å². The van der Waals surface area contributed by atoms with E-state index in [-0.39, 0.29) is 18.4 Å². The van der Waals surface area contributed by atoms with E-state index in [1.807, 2.05) is 35.7 Å². The fourth-order valence-corrected chi connectivity index (χ4v) is 4.72. The number of nitrogen functional groups attached to an aromatic ring is 1. The zero-order valence-electron chi connectivity index (χ0n) is 19.3. The monoisotopic (exact) mass is 501 g/mol. The standard InChI is InChI=1S/C27H24FN5O2S/c28-21-6-1-19(2-7-21)26(35)33(23-10-5-17-11-12-30-14-20(17)13-23)15-25(34)31-22-8-3-18(4-9-22)24-16-36-27(29)32-24/h1-10,13,16,30H,11-12,14-15H2,(H2,29,32)(H,31,34). The minimum atomic E-state index is -0.431. The number of hydrogen-bond acceptors (Lipinski definition) is 6. The molecular weight excluding hydrogens is 477 g/mol. The molecule has 2 heterocycles. The van der Waals surface area contributed by atoms with Gasteiger partial charge in [-0.2, -0.15) is 0 Å². The van der Waals surface area contributed by atoms with Crippen LogP contribution in [0.5, 0.6) is 0 Å². The van der Waals surface area contributed by atoms with Gasteiger partial charge in [0.1, 0.15) is 12.4 Å². The predicted molar refractivity (Wildman–Crippen MR) is 141 cm³/mol. The number of benzene rings is 3. The number of fused-ring (bicyclic) bond motifs is 1. The highest BCUT2D eigenvalue weighted by Gasteiger charge is 2.22. The highest BCUT2D eigenvalue weighted by atomic mass is 32.1. The maximum atomic E-state index is 13.4. The van der Waals surface area contributed by atoms with Crippen molar-refractivity contribution in [3.05, 3.63) is 94.6 Å². The van der Waals surface area contributed by atoms with E-state index < -0.39 is 5.82 Å². The van der Waals surface area contributed by atoms with Crippen molar-refractivity contribution in [3.63, 3.8) is 0 Å². The van der Waals surface area contributed by atoms with E-state index in [1.54, 1.807) is 12.1 Å². The van der Waals surface area contributed by atoms with Crippen molar-refractivity contribution in [1.82, 2.24) is 10.3 Å². The van der Waals surface area contributed by atoms with E-state index in [0.717, 1.165) is 29.8 Å². The Bertz CT molecular complexity index is 1400. The predicted octanol–water partition coefficient (Wildman–Crippen LogP) is 4.46. The number of rotatable bonds is 6. The maximum absolute atomic E-state index is 13.4. The molecule has 0 aliphatic carbocycles. The Hall–Kier alpha value is -4.08. The zero-order chi connectivity index (χ0) is 25.1. The highest BCUT2D eigenvalue weighted by Crippen LogP contribution is 2.26. The quantitative estimate of drug-likeness (QED) is 0.362. The largest absolute Gasteiger partial charge is 0.375 e. The van der Waals surface area contributed by atoms with Crippen molar-refractivity contribution < 1.29 is 14.0 Å². The van der Waals surface area contributed by atoms with Crippen molar-refractivity contribution in [2.45, 2.75) is 13.0 Å². The summed E-state index contributed by atoms with van der Waals surface area (Å²) in [5.74, 6) is -1.17. The van der Waals surface area contributed by atoms with Gasteiger partial charge in [-0.25, -0.2) is 9.37 Å². The molecule has 36 heavy (non-hydrogen) atoms. The lowest BCUT2D eigenvalue weighted by Gasteiger charge is -2.25. The summed E-state index contributed by atoms with van der Waals surface area (Å²) < 4.78 is 13.4. The molecule has 0 fully saturated rings. The van der Waals surface area contributed by atoms with E-state index in [1.165, 1.54) is 46.1 Å². The van der Waals surface area contributed by atoms with Crippen LogP contribution < -0.4 is 21.3 Å². The van der Waals surface area contributed by atoms with Gasteiger partial charge in [-0.15, -0.1) is 11.3 Å². The minimum Gasteiger partial charge on any atom is -0.375 e. The number of hydrogen-bond donors (Lipinski definition) is 3. The molecule has 182 valence electrons. The number of nitrogens with zero attached hydrogens (tertiary/aromatic N) is 2. The normalized spacial score (nSPS) is 12.6. The van der Waals surface area contributed by atoms with E-state index in [9.17, 15) is 14.0 Å². The third-order valence-electron chi connectivity index (χ3n) is 6.01. The Morgan fingerprint density at radius 1 is 1.06 bits per heavy atom. The minimum absolute atomic E-state index is 0.202. The molecule has 0 unspecified atom stereocenters. The lowest BCUT2D eigenvalue weighted by atomic mass is 10.00. The summed E-state index contributed by atoms with van der Waals surface area (Å²) in [5, 5.41) is 8.55. The first-order valence-corrected chi connectivity index (χ1v) is 12.4. The second-order valence-corrected chi connectivity index (χ2v) is 9.36. The molecule has 9 heteroatoms. The van der Waals surface area contributed by atoms with Gasteiger partial charge in [0.15, 0.2) is 5.13 Å². The summed E-state index contributed by atoms with van der Waals surface area (Å²) in [6, 6.07) is 18.4. The van der Waals surface area contributed by atoms with Crippen molar-refractivity contribution in [1.29, 1.82) is 0 Å². The second kappa shape index (κ2) is 10.3. The third kappa shape index (κ3) is 5.27. The third-order valence-corrected chi connectivity index (χ3v) is 6.69. The van der Waals surface area contributed by atoms with Crippen LogP contribution >= 0.6 is 11.3 Å². The molecule has 0 spiro atoms. The van der Waals surface area contributed by atoms with Gasteiger partial charge in [0.05, 0.1) is 5.69 Å². The first-order valence-electron chi connectivity index (χ1n) is 11.5. The lowest BCUT2D eigenvalue weighted by Crippen LogP contribution is -2.38. The van der Waals surface area contributed by atoms with E-state index in [0.29, 0.717) is 28.6 Å². The zero-order valence-corrected chi connectivity index (χ0v) is 20.1. The van der Waals surface area contributed by atoms with Gasteiger partial charge in [-0.05, 0) is 72.6 Å². The molecule has 0 saturated carbocycles. The Balaban J connectivity index is 1.37. The number of thiazole rings is 1. The average molecular weight is 502 g/mol. The molecule has 4 N–H and O–H groups in total. The number of nitrogens with two attached hydrogens (primary N) is 1.